The zero-order chi connectivity index (χ0) is 19.5. The summed E-state index contributed by atoms with van der Waals surface area (Å²) in [6.45, 7) is 1.95. The lowest BCUT2D eigenvalue weighted by Gasteiger charge is -2.53. The molecule has 4 nitrogen and oxygen atoms in total. The van der Waals surface area contributed by atoms with Gasteiger partial charge in [-0.15, -0.1) is 0 Å². The van der Waals surface area contributed by atoms with Crippen LogP contribution in [-0.2, 0) is 16.0 Å². The molecule has 3 unspecified atom stereocenters. The molecule has 3 aromatic rings. The van der Waals surface area contributed by atoms with Crippen molar-refractivity contribution < 1.29 is 19.7 Å². The Balaban J connectivity index is 1.69. The molecule has 3 aromatic carbocycles. The predicted molar refractivity (Wildman–Crippen MR) is 104 cm³/mol. The Bertz CT molecular complexity index is 1090. The number of aliphatic hydroxyl groups is 2. The summed E-state index contributed by atoms with van der Waals surface area (Å²) in [5.74, 6) is -1.04. The molecule has 2 N–H and O–H groups in total. The second-order valence-corrected chi connectivity index (χ2v) is 7.71. The van der Waals surface area contributed by atoms with Crippen LogP contribution in [0.15, 0.2) is 72.8 Å². The Kier molecular flexibility index (Phi) is 3.54. The number of aryl methyl sites for hydroxylation is 1. The summed E-state index contributed by atoms with van der Waals surface area (Å²) in [6, 6.07) is 21.7. The molecule has 0 heterocycles. The fraction of sp³-hybridized carbons (Fsp3) is 0.208. The van der Waals surface area contributed by atoms with Crippen molar-refractivity contribution in [2.45, 2.75) is 24.5 Å². The summed E-state index contributed by atoms with van der Waals surface area (Å²) >= 11 is 0. The molecule has 4 heteroatoms. The zero-order valence-corrected chi connectivity index (χ0v) is 15.4. The molecule has 140 valence electrons. The van der Waals surface area contributed by atoms with Crippen LogP contribution in [0.25, 0.3) is 0 Å². The number of ether oxygens (including phenoxy) is 1. The number of benzene rings is 3. The van der Waals surface area contributed by atoms with Crippen LogP contribution in [0.2, 0.25) is 0 Å². The number of carbonyl (C=O) groups is 1. The van der Waals surface area contributed by atoms with E-state index < -0.39 is 23.1 Å². The lowest BCUT2D eigenvalue weighted by molar-refractivity contribution is -0.157. The fourth-order valence-corrected chi connectivity index (χ4v) is 4.77. The maximum atomic E-state index is 13.1. The van der Waals surface area contributed by atoms with E-state index in [1.54, 1.807) is 30.3 Å². The summed E-state index contributed by atoms with van der Waals surface area (Å²) in [5, 5.41) is 23.7. The summed E-state index contributed by atoms with van der Waals surface area (Å²) < 4.78 is 5.56. The van der Waals surface area contributed by atoms with Crippen LogP contribution in [-0.4, -0.2) is 16.2 Å². The van der Waals surface area contributed by atoms with Gasteiger partial charge in [-0.2, -0.15) is 0 Å². The fourth-order valence-electron chi connectivity index (χ4n) is 4.77. The maximum absolute atomic E-state index is 13.1. The van der Waals surface area contributed by atoms with Gasteiger partial charge in [-0.05, 0) is 41.3 Å². The standard InChI is InChI=1S/C24H20O4/c1-15-11-12-19-20(13-15)23(26)14-21(22(25)28-16-7-3-2-4-8-16)24(19,27)18-10-6-5-9-17(18)23/h2-13,21,26-27H,14H2,1H3. The topological polar surface area (TPSA) is 66.8 Å². The molecule has 3 atom stereocenters. The number of esters is 1. The minimum Gasteiger partial charge on any atom is -0.426 e. The van der Waals surface area contributed by atoms with Gasteiger partial charge in [-0.1, -0.05) is 66.2 Å². The highest BCUT2D eigenvalue weighted by Crippen LogP contribution is 2.59. The van der Waals surface area contributed by atoms with E-state index in [-0.39, 0.29) is 6.42 Å². The first-order valence-electron chi connectivity index (χ1n) is 9.37. The van der Waals surface area contributed by atoms with Gasteiger partial charge in [0.2, 0.25) is 0 Å². The first-order valence-corrected chi connectivity index (χ1v) is 9.37. The average molecular weight is 372 g/mol. The third-order valence-corrected chi connectivity index (χ3v) is 6.06. The molecular formula is C24H20O4. The van der Waals surface area contributed by atoms with Gasteiger partial charge in [0, 0.05) is 6.42 Å². The van der Waals surface area contributed by atoms with E-state index in [9.17, 15) is 15.0 Å². The molecule has 6 rings (SSSR count). The quantitative estimate of drug-likeness (QED) is 0.534. The normalized spacial score (nSPS) is 27.0. The third kappa shape index (κ3) is 2.16. The van der Waals surface area contributed by atoms with Crippen molar-refractivity contribution in [2.75, 3.05) is 0 Å². The molecule has 0 spiro atoms. The zero-order valence-electron chi connectivity index (χ0n) is 15.4. The van der Waals surface area contributed by atoms with Crippen LogP contribution in [0.5, 0.6) is 5.75 Å². The molecule has 0 radical (unpaired) electrons. The SMILES string of the molecule is Cc1ccc2c(c1)C1(O)CC(C(=O)Oc3ccccc3)C2(O)c2ccccc21. The first-order chi connectivity index (χ1) is 13.4. The van der Waals surface area contributed by atoms with Crippen LogP contribution < -0.4 is 4.74 Å². The van der Waals surface area contributed by atoms with Crippen molar-refractivity contribution in [3.63, 3.8) is 0 Å². The molecule has 0 aliphatic heterocycles. The van der Waals surface area contributed by atoms with Crippen molar-refractivity contribution in [1.29, 1.82) is 0 Å². The summed E-state index contributed by atoms with van der Waals surface area (Å²) in [7, 11) is 0. The van der Waals surface area contributed by atoms with E-state index >= 15 is 0 Å². The minimum atomic E-state index is -1.55. The molecule has 0 aromatic heterocycles. The smallest absolute Gasteiger partial charge is 0.318 e. The van der Waals surface area contributed by atoms with Crippen LogP contribution in [0.1, 0.15) is 34.2 Å². The van der Waals surface area contributed by atoms with E-state index in [0.717, 1.165) is 5.56 Å². The van der Waals surface area contributed by atoms with E-state index in [1.807, 2.05) is 49.4 Å². The third-order valence-electron chi connectivity index (χ3n) is 6.06. The Morgan fingerprint density at radius 3 is 2.29 bits per heavy atom. The Hall–Kier alpha value is -2.95. The lowest BCUT2D eigenvalue weighted by Crippen LogP contribution is -2.57. The molecule has 0 saturated carbocycles. The van der Waals surface area contributed by atoms with Crippen molar-refractivity contribution in [3.8, 4) is 5.75 Å². The largest absolute Gasteiger partial charge is 0.426 e. The van der Waals surface area contributed by atoms with Crippen LogP contribution in [0.3, 0.4) is 0 Å². The molecule has 3 aliphatic rings. The highest BCUT2D eigenvalue weighted by molar-refractivity contribution is 5.81. The highest BCUT2D eigenvalue weighted by atomic mass is 16.5. The van der Waals surface area contributed by atoms with Crippen molar-refractivity contribution >= 4 is 5.97 Å². The number of fused-ring (bicyclic) bond motifs is 1. The number of carbonyl (C=O) groups excluding carboxylic acids is 1. The monoisotopic (exact) mass is 372 g/mol. The molecule has 2 bridgehead atoms. The Morgan fingerprint density at radius 1 is 0.893 bits per heavy atom. The minimum absolute atomic E-state index is 0.0721. The van der Waals surface area contributed by atoms with Crippen LogP contribution in [0, 0.1) is 12.8 Å². The predicted octanol–water partition coefficient (Wildman–Crippen LogP) is 3.41. The van der Waals surface area contributed by atoms with Gasteiger partial charge >= 0.3 is 5.97 Å². The van der Waals surface area contributed by atoms with Crippen molar-refractivity contribution in [2.24, 2.45) is 5.92 Å². The molecule has 28 heavy (non-hydrogen) atoms. The van der Waals surface area contributed by atoms with Crippen molar-refractivity contribution in [1.82, 2.24) is 0 Å². The van der Waals surface area contributed by atoms with Gasteiger partial charge in [-0.3, -0.25) is 4.79 Å². The highest BCUT2D eigenvalue weighted by Gasteiger charge is 2.62. The number of para-hydroxylation sites is 1. The van der Waals surface area contributed by atoms with E-state index in [0.29, 0.717) is 28.0 Å². The van der Waals surface area contributed by atoms with Gasteiger partial charge in [0.1, 0.15) is 17.0 Å². The Labute approximate surface area is 163 Å². The summed E-state index contributed by atoms with van der Waals surface area (Å²) in [4.78, 5) is 13.1. The molecule has 0 fully saturated rings. The first kappa shape index (κ1) is 17.2. The van der Waals surface area contributed by atoms with Crippen LogP contribution in [0.4, 0.5) is 0 Å². The second kappa shape index (κ2) is 5.77. The summed E-state index contributed by atoms with van der Waals surface area (Å²) in [6.07, 6.45) is 0.0721. The number of hydrogen-bond donors (Lipinski definition) is 2. The van der Waals surface area contributed by atoms with Crippen LogP contribution >= 0.6 is 0 Å². The average Bonchev–Trinajstić information content (AvgIpc) is 2.71. The molecule has 0 amide bonds. The van der Waals surface area contributed by atoms with Gasteiger partial charge in [-0.25, -0.2) is 0 Å². The van der Waals surface area contributed by atoms with Gasteiger partial charge < -0.3 is 14.9 Å². The maximum Gasteiger partial charge on any atom is 0.318 e. The molecular weight excluding hydrogens is 352 g/mol. The molecule has 0 saturated heterocycles. The lowest BCUT2D eigenvalue weighted by atomic mass is 9.54. The Morgan fingerprint density at radius 2 is 1.54 bits per heavy atom. The molecule has 3 aliphatic carbocycles. The van der Waals surface area contributed by atoms with Gasteiger partial charge in [0.15, 0.2) is 0 Å². The van der Waals surface area contributed by atoms with E-state index in [1.165, 1.54) is 0 Å². The van der Waals surface area contributed by atoms with E-state index in [2.05, 4.69) is 0 Å². The van der Waals surface area contributed by atoms with Gasteiger partial charge in [0.25, 0.3) is 0 Å². The van der Waals surface area contributed by atoms with E-state index in [4.69, 9.17) is 4.74 Å². The number of hydrogen-bond acceptors (Lipinski definition) is 4. The van der Waals surface area contributed by atoms with Gasteiger partial charge in [0.05, 0.1) is 5.92 Å². The van der Waals surface area contributed by atoms with Crippen molar-refractivity contribution in [3.05, 3.63) is 101 Å². The second-order valence-electron chi connectivity index (χ2n) is 7.71. The number of rotatable bonds is 2. The summed E-state index contributed by atoms with van der Waals surface area (Å²) in [5.41, 5.74) is 0.551.